The van der Waals surface area contributed by atoms with Gasteiger partial charge < -0.3 is 15.4 Å². The summed E-state index contributed by atoms with van der Waals surface area (Å²) in [6, 6.07) is 8.08. The van der Waals surface area contributed by atoms with Crippen LogP contribution in [-0.2, 0) is 0 Å². The molecular weight excluding hydrogens is 212 g/mol. The molecule has 0 aliphatic rings. The van der Waals surface area contributed by atoms with Gasteiger partial charge in [-0.1, -0.05) is 0 Å². The minimum Gasteiger partial charge on any atom is -0.491 e. The average Bonchev–Trinajstić information content (AvgIpc) is 2.28. The molecule has 1 aromatic carbocycles. The first-order valence-electron chi connectivity index (χ1n) is 6.12. The van der Waals surface area contributed by atoms with Gasteiger partial charge in [-0.15, -0.1) is 0 Å². The summed E-state index contributed by atoms with van der Waals surface area (Å²) in [6.45, 7) is 9.27. The summed E-state index contributed by atoms with van der Waals surface area (Å²) in [5.41, 5.74) is 1.21. The number of nitrogens with one attached hydrogen (secondary N) is 2. The van der Waals surface area contributed by atoms with Crippen LogP contribution < -0.4 is 15.4 Å². The van der Waals surface area contributed by atoms with E-state index in [1.807, 2.05) is 45.2 Å². The molecule has 2 N–H and O–H groups in total. The van der Waals surface area contributed by atoms with Crippen molar-refractivity contribution in [2.45, 2.75) is 39.3 Å². The van der Waals surface area contributed by atoms with Crippen LogP contribution in [-0.4, -0.2) is 25.2 Å². The fraction of sp³-hybridized carbons (Fsp3) is 0.571. The standard InChI is InChI=1S/C14H24N2O/c1-11(2)17-13-8-6-12(7-9-13)16-10-14(3,4)15-5/h6-9,11,15-16H,10H2,1-5H3. The predicted molar refractivity (Wildman–Crippen MR) is 73.8 cm³/mol. The van der Waals surface area contributed by atoms with Gasteiger partial charge in [0.2, 0.25) is 0 Å². The molecule has 0 saturated carbocycles. The van der Waals surface area contributed by atoms with Gasteiger partial charge in [0.25, 0.3) is 0 Å². The van der Waals surface area contributed by atoms with Crippen molar-refractivity contribution < 1.29 is 4.74 Å². The first kappa shape index (κ1) is 13.8. The van der Waals surface area contributed by atoms with Crippen LogP contribution in [0.5, 0.6) is 5.75 Å². The van der Waals surface area contributed by atoms with Crippen molar-refractivity contribution in [3.05, 3.63) is 24.3 Å². The fourth-order valence-corrected chi connectivity index (χ4v) is 1.33. The lowest BCUT2D eigenvalue weighted by molar-refractivity contribution is 0.242. The number of hydrogen-bond donors (Lipinski definition) is 2. The van der Waals surface area contributed by atoms with Crippen LogP contribution in [0.3, 0.4) is 0 Å². The second kappa shape index (κ2) is 5.92. The summed E-state index contributed by atoms with van der Waals surface area (Å²) in [6.07, 6.45) is 0.219. The van der Waals surface area contributed by atoms with E-state index in [0.29, 0.717) is 0 Å². The van der Waals surface area contributed by atoms with Crippen molar-refractivity contribution in [1.29, 1.82) is 0 Å². The third-order valence-corrected chi connectivity index (χ3v) is 2.64. The second-order valence-corrected chi connectivity index (χ2v) is 5.18. The van der Waals surface area contributed by atoms with Gasteiger partial charge in [0.05, 0.1) is 6.10 Å². The summed E-state index contributed by atoms with van der Waals surface area (Å²) >= 11 is 0. The van der Waals surface area contributed by atoms with Crippen LogP contribution in [0.1, 0.15) is 27.7 Å². The first-order valence-corrected chi connectivity index (χ1v) is 6.12. The van der Waals surface area contributed by atoms with Crippen LogP contribution in [0.25, 0.3) is 0 Å². The molecule has 1 rings (SSSR count). The van der Waals surface area contributed by atoms with Crippen LogP contribution in [0.15, 0.2) is 24.3 Å². The number of hydrogen-bond acceptors (Lipinski definition) is 3. The zero-order valence-electron chi connectivity index (χ0n) is 11.5. The van der Waals surface area contributed by atoms with E-state index >= 15 is 0 Å². The molecule has 96 valence electrons. The van der Waals surface area contributed by atoms with E-state index in [0.717, 1.165) is 18.0 Å². The topological polar surface area (TPSA) is 33.3 Å². The lowest BCUT2D eigenvalue weighted by atomic mass is 10.1. The highest BCUT2D eigenvalue weighted by Crippen LogP contribution is 2.17. The molecule has 3 heteroatoms. The van der Waals surface area contributed by atoms with E-state index in [4.69, 9.17) is 4.74 Å². The van der Waals surface area contributed by atoms with Gasteiger partial charge in [0.1, 0.15) is 5.75 Å². The summed E-state index contributed by atoms with van der Waals surface area (Å²) < 4.78 is 5.60. The summed E-state index contributed by atoms with van der Waals surface area (Å²) in [5, 5.41) is 6.66. The molecule has 0 aromatic heterocycles. The molecule has 0 saturated heterocycles. The Kier molecular flexibility index (Phi) is 4.82. The smallest absolute Gasteiger partial charge is 0.119 e. The molecule has 3 nitrogen and oxygen atoms in total. The minimum atomic E-state index is 0.0904. The van der Waals surface area contributed by atoms with E-state index < -0.39 is 0 Å². The molecule has 0 unspecified atom stereocenters. The van der Waals surface area contributed by atoms with Crippen LogP contribution in [0.2, 0.25) is 0 Å². The molecule has 0 fully saturated rings. The van der Waals surface area contributed by atoms with Crippen molar-refractivity contribution >= 4 is 5.69 Å². The van der Waals surface area contributed by atoms with E-state index in [1.165, 1.54) is 0 Å². The minimum absolute atomic E-state index is 0.0904. The largest absolute Gasteiger partial charge is 0.491 e. The molecule has 1 aromatic rings. The quantitative estimate of drug-likeness (QED) is 0.797. The van der Waals surface area contributed by atoms with Gasteiger partial charge in [0, 0.05) is 17.8 Å². The molecule has 0 bridgehead atoms. The Morgan fingerprint density at radius 2 is 1.76 bits per heavy atom. The molecule has 0 spiro atoms. The van der Waals surface area contributed by atoms with Gasteiger partial charge in [-0.3, -0.25) is 0 Å². The number of ether oxygens (including phenoxy) is 1. The maximum Gasteiger partial charge on any atom is 0.119 e. The average molecular weight is 236 g/mol. The van der Waals surface area contributed by atoms with Crippen molar-refractivity contribution in [2.75, 3.05) is 18.9 Å². The molecule has 0 heterocycles. The van der Waals surface area contributed by atoms with Gasteiger partial charge in [0.15, 0.2) is 0 Å². The monoisotopic (exact) mass is 236 g/mol. The van der Waals surface area contributed by atoms with Crippen molar-refractivity contribution in [2.24, 2.45) is 0 Å². The lowest BCUT2D eigenvalue weighted by Crippen LogP contribution is -2.42. The molecule has 0 aliphatic heterocycles. The molecule has 0 aliphatic carbocycles. The number of anilines is 1. The van der Waals surface area contributed by atoms with E-state index in [2.05, 4.69) is 24.5 Å². The van der Waals surface area contributed by atoms with E-state index in [1.54, 1.807) is 0 Å². The molecule has 0 radical (unpaired) electrons. The van der Waals surface area contributed by atoms with Crippen LogP contribution in [0, 0.1) is 0 Å². The number of rotatable bonds is 6. The zero-order valence-corrected chi connectivity index (χ0v) is 11.5. The van der Waals surface area contributed by atoms with E-state index in [9.17, 15) is 0 Å². The molecular formula is C14H24N2O. The Balaban J connectivity index is 2.51. The summed E-state index contributed by atoms with van der Waals surface area (Å²) in [5.74, 6) is 0.915. The SMILES string of the molecule is CNC(C)(C)CNc1ccc(OC(C)C)cc1. The van der Waals surface area contributed by atoms with E-state index in [-0.39, 0.29) is 11.6 Å². The van der Waals surface area contributed by atoms with Crippen LogP contribution >= 0.6 is 0 Å². The third kappa shape index (κ3) is 5.09. The number of benzene rings is 1. The Morgan fingerprint density at radius 3 is 2.24 bits per heavy atom. The first-order chi connectivity index (χ1) is 7.93. The van der Waals surface area contributed by atoms with Gasteiger partial charge in [-0.2, -0.15) is 0 Å². The Morgan fingerprint density at radius 1 is 1.18 bits per heavy atom. The van der Waals surface area contributed by atoms with Gasteiger partial charge in [-0.05, 0) is 59.0 Å². The highest BCUT2D eigenvalue weighted by molar-refractivity contribution is 5.46. The normalized spacial score (nSPS) is 11.6. The zero-order chi connectivity index (χ0) is 12.9. The molecule has 17 heavy (non-hydrogen) atoms. The third-order valence-electron chi connectivity index (χ3n) is 2.64. The lowest BCUT2D eigenvalue weighted by Gasteiger charge is -2.25. The summed E-state index contributed by atoms with van der Waals surface area (Å²) in [4.78, 5) is 0. The maximum absolute atomic E-state index is 5.60. The molecule has 0 atom stereocenters. The Labute approximate surface area is 105 Å². The maximum atomic E-state index is 5.60. The van der Waals surface area contributed by atoms with Gasteiger partial charge >= 0.3 is 0 Å². The summed E-state index contributed by atoms with van der Waals surface area (Å²) in [7, 11) is 1.97. The van der Waals surface area contributed by atoms with Crippen molar-refractivity contribution in [3.8, 4) is 5.75 Å². The second-order valence-electron chi connectivity index (χ2n) is 5.18. The predicted octanol–water partition coefficient (Wildman–Crippen LogP) is 2.88. The van der Waals surface area contributed by atoms with Gasteiger partial charge in [-0.25, -0.2) is 0 Å². The fourth-order valence-electron chi connectivity index (χ4n) is 1.33. The highest BCUT2D eigenvalue weighted by atomic mass is 16.5. The van der Waals surface area contributed by atoms with Crippen molar-refractivity contribution in [3.63, 3.8) is 0 Å². The Bertz CT molecular complexity index is 331. The number of likely N-dealkylation sites (N-methyl/N-ethyl adjacent to an activating group) is 1. The van der Waals surface area contributed by atoms with Crippen LogP contribution in [0.4, 0.5) is 5.69 Å². The van der Waals surface area contributed by atoms with Crippen molar-refractivity contribution in [1.82, 2.24) is 5.32 Å². The molecule has 0 amide bonds. The highest BCUT2D eigenvalue weighted by Gasteiger charge is 2.13. The Hall–Kier alpha value is -1.22.